The van der Waals surface area contributed by atoms with Gasteiger partial charge in [-0.2, -0.15) is 11.8 Å². The van der Waals surface area contributed by atoms with Crippen molar-refractivity contribution < 1.29 is 19.1 Å². The zero-order valence-corrected chi connectivity index (χ0v) is 15.6. The summed E-state index contributed by atoms with van der Waals surface area (Å²) in [5.74, 6) is 0.825. The van der Waals surface area contributed by atoms with Gasteiger partial charge < -0.3 is 19.7 Å². The van der Waals surface area contributed by atoms with E-state index in [1.807, 2.05) is 11.8 Å². The fourth-order valence-corrected chi connectivity index (χ4v) is 3.79. The van der Waals surface area contributed by atoms with Gasteiger partial charge >= 0.3 is 0 Å². The lowest BCUT2D eigenvalue weighted by Gasteiger charge is -2.19. The summed E-state index contributed by atoms with van der Waals surface area (Å²) >= 11 is 1.81. The van der Waals surface area contributed by atoms with Gasteiger partial charge in [0, 0.05) is 42.5 Å². The van der Waals surface area contributed by atoms with Crippen molar-refractivity contribution >= 4 is 29.3 Å². The standard InChI is InChI=1S/C18H24N2O4S/c1-23-14-7-13(8-15(9-14)24-2)20-10-12(6-16(20)21)17(22)19-11-18(25-3)4-5-18/h7-9,12H,4-6,10-11H2,1-3H3,(H,19,22). The predicted molar refractivity (Wildman–Crippen MR) is 98.5 cm³/mol. The van der Waals surface area contributed by atoms with Crippen LogP contribution in [0.3, 0.4) is 0 Å². The lowest BCUT2D eigenvalue weighted by atomic mass is 10.1. The molecule has 2 amide bonds. The van der Waals surface area contributed by atoms with Crippen molar-refractivity contribution in [3.8, 4) is 11.5 Å². The lowest BCUT2D eigenvalue weighted by molar-refractivity contribution is -0.126. The Morgan fingerprint density at radius 3 is 2.44 bits per heavy atom. The van der Waals surface area contributed by atoms with Crippen LogP contribution in [-0.2, 0) is 9.59 Å². The number of amides is 2. The molecule has 1 saturated carbocycles. The predicted octanol–water partition coefficient (Wildman–Crippen LogP) is 2.07. The zero-order valence-electron chi connectivity index (χ0n) is 14.8. The molecule has 0 spiro atoms. The smallest absolute Gasteiger partial charge is 0.227 e. The number of anilines is 1. The number of nitrogens with zero attached hydrogens (tertiary/aromatic N) is 1. The third-order valence-electron chi connectivity index (χ3n) is 4.97. The molecular weight excluding hydrogens is 340 g/mol. The third-order valence-corrected chi connectivity index (χ3v) is 6.39. The maximum absolute atomic E-state index is 12.5. The Labute approximate surface area is 152 Å². The Morgan fingerprint density at radius 1 is 1.28 bits per heavy atom. The van der Waals surface area contributed by atoms with Crippen molar-refractivity contribution in [1.82, 2.24) is 5.32 Å². The molecule has 7 heteroatoms. The Kier molecular flexibility index (Phi) is 5.13. The van der Waals surface area contributed by atoms with E-state index in [0.717, 1.165) is 12.8 Å². The number of hydrogen-bond acceptors (Lipinski definition) is 5. The molecule has 1 atom stereocenters. The first kappa shape index (κ1) is 17.9. The van der Waals surface area contributed by atoms with Crippen LogP contribution in [0.25, 0.3) is 0 Å². The van der Waals surface area contributed by atoms with Gasteiger partial charge in [0.05, 0.1) is 25.8 Å². The van der Waals surface area contributed by atoms with Gasteiger partial charge in [-0.1, -0.05) is 0 Å². The van der Waals surface area contributed by atoms with E-state index in [0.29, 0.717) is 30.3 Å². The Bertz CT molecular complexity index is 653. The van der Waals surface area contributed by atoms with Crippen LogP contribution in [0.15, 0.2) is 18.2 Å². The molecule has 0 radical (unpaired) electrons. The number of methoxy groups -OCH3 is 2. The molecule has 25 heavy (non-hydrogen) atoms. The van der Waals surface area contributed by atoms with Crippen LogP contribution in [0.5, 0.6) is 11.5 Å². The van der Waals surface area contributed by atoms with Crippen molar-refractivity contribution in [2.75, 3.05) is 38.5 Å². The number of carbonyl (C=O) groups excluding carboxylic acids is 2. The minimum absolute atomic E-state index is 0.0361. The monoisotopic (exact) mass is 364 g/mol. The fourth-order valence-electron chi connectivity index (χ4n) is 3.07. The van der Waals surface area contributed by atoms with Crippen LogP contribution in [0.1, 0.15) is 19.3 Å². The van der Waals surface area contributed by atoms with Crippen LogP contribution < -0.4 is 19.7 Å². The highest BCUT2D eigenvalue weighted by atomic mass is 32.2. The van der Waals surface area contributed by atoms with Crippen LogP contribution in [0.4, 0.5) is 5.69 Å². The van der Waals surface area contributed by atoms with Gasteiger partial charge in [-0.25, -0.2) is 0 Å². The molecular formula is C18H24N2O4S. The number of benzene rings is 1. The number of ether oxygens (including phenoxy) is 2. The summed E-state index contributed by atoms with van der Waals surface area (Å²) in [6.45, 7) is 1.07. The van der Waals surface area contributed by atoms with E-state index in [2.05, 4.69) is 11.6 Å². The van der Waals surface area contributed by atoms with Crippen LogP contribution in [0, 0.1) is 5.92 Å². The summed E-state index contributed by atoms with van der Waals surface area (Å²) in [6.07, 6.45) is 4.61. The average molecular weight is 364 g/mol. The first-order valence-corrected chi connectivity index (χ1v) is 9.59. The number of hydrogen-bond donors (Lipinski definition) is 1. The molecule has 2 fully saturated rings. The lowest BCUT2D eigenvalue weighted by Crippen LogP contribution is -2.37. The summed E-state index contributed by atoms with van der Waals surface area (Å²) < 4.78 is 10.7. The van der Waals surface area contributed by atoms with Gasteiger partial charge in [-0.15, -0.1) is 0 Å². The highest BCUT2D eigenvalue weighted by Crippen LogP contribution is 2.46. The molecule has 1 N–H and O–H groups in total. The van der Waals surface area contributed by atoms with Gasteiger partial charge in [0.15, 0.2) is 0 Å². The highest BCUT2D eigenvalue weighted by molar-refractivity contribution is 8.00. The quantitative estimate of drug-likeness (QED) is 0.802. The van der Waals surface area contributed by atoms with E-state index in [-0.39, 0.29) is 28.9 Å². The minimum atomic E-state index is -0.317. The molecule has 3 rings (SSSR count). The second-order valence-electron chi connectivity index (χ2n) is 6.58. The van der Waals surface area contributed by atoms with Crippen molar-refractivity contribution in [3.05, 3.63) is 18.2 Å². The zero-order chi connectivity index (χ0) is 18.0. The summed E-state index contributed by atoms with van der Waals surface area (Å²) in [6, 6.07) is 5.33. The topological polar surface area (TPSA) is 67.9 Å². The maximum Gasteiger partial charge on any atom is 0.227 e. The largest absolute Gasteiger partial charge is 0.497 e. The molecule has 0 aromatic heterocycles. The van der Waals surface area contributed by atoms with E-state index in [1.54, 1.807) is 37.3 Å². The normalized spacial score (nSPS) is 21.2. The molecule has 1 heterocycles. The van der Waals surface area contributed by atoms with E-state index in [4.69, 9.17) is 9.47 Å². The number of nitrogens with one attached hydrogen (secondary N) is 1. The van der Waals surface area contributed by atoms with Gasteiger partial charge in [0.2, 0.25) is 11.8 Å². The first-order chi connectivity index (χ1) is 12.0. The second kappa shape index (κ2) is 7.15. The highest BCUT2D eigenvalue weighted by Gasteiger charge is 2.43. The molecule has 136 valence electrons. The number of thioether (sulfide) groups is 1. The molecule has 1 saturated heterocycles. The molecule has 0 bridgehead atoms. The molecule has 1 aliphatic carbocycles. The summed E-state index contributed by atoms with van der Waals surface area (Å²) in [5, 5.41) is 3.03. The van der Waals surface area contributed by atoms with Gasteiger partial charge in [-0.3, -0.25) is 9.59 Å². The van der Waals surface area contributed by atoms with Crippen LogP contribution >= 0.6 is 11.8 Å². The molecule has 1 aromatic rings. The van der Waals surface area contributed by atoms with Gasteiger partial charge in [0.1, 0.15) is 11.5 Å². The summed E-state index contributed by atoms with van der Waals surface area (Å²) in [4.78, 5) is 26.5. The van der Waals surface area contributed by atoms with Crippen LogP contribution in [-0.4, -0.2) is 50.1 Å². The molecule has 6 nitrogen and oxygen atoms in total. The molecule has 2 aliphatic rings. The van der Waals surface area contributed by atoms with E-state index >= 15 is 0 Å². The van der Waals surface area contributed by atoms with E-state index in [1.165, 1.54) is 0 Å². The second-order valence-corrected chi connectivity index (χ2v) is 7.86. The molecule has 1 aromatic carbocycles. The maximum atomic E-state index is 12.5. The molecule has 1 aliphatic heterocycles. The van der Waals surface area contributed by atoms with E-state index in [9.17, 15) is 9.59 Å². The van der Waals surface area contributed by atoms with Gasteiger partial charge in [-0.05, 0) is 19.1 Å². The SMILES string of the molecule is COc1cc(OC)cc(N2CC(C(=O)NCC3(SC)CC3)CC2=O)c1. The fraction of sp³-hybridized carbons (Fsp3) is 0.556. The first-order valence-electron chi connectivity index (χ1n) is 8.36. The van der Waals surface area contributed by atoms with Crippen molar-refractivity contribution in [1.29, 1.82) is 0 Å². The minimum Gasteiger partial charge on any atom is -0.497 e. The van der Waals surface area contributed by atoms with Crippen molar-refractivity contribution in [3.63, 3.8) is 0 Å². The Balaban J connectivity index is 1.67. The third kappa shape index (κ3) is 3.86. The average Bonchev–Trinajstić information content (AvgIpc) is 3.32. The number of rotatable bonds is 7. The summed E-state index contributed by atoms with van der Waals surface area (Å²) in [7, 11) is 3.14. The van der Waals surface area contributed by atoms with E-state index < -0.39 is 0 Å². The van der Waals surface area contributed by atoms with Crippen LogP contribution in [0.2, 0.25) is 0 Å². The molecule has 1 unspecified atom stereocenters. The van der Waals surface area contributed by atoms with Crippen molar-refractivity contribution in [2.24, 2.45) is 5.92 Å². The summed E-state index contributed by atoms with van der Waals surface area (Å²) in [5.41, 5.74) is 0.694. The Morgan fingerprint density at radius 2 is 1.92 bits per heavy atom. The Hall–Kier alpha value is -1.89. The van der Waals surface area contributed by atoms with Crippen molar-refractivity contribution in [2.45, 2.75) is 24.0 Å². The number of carbonyl (C=O) groups is 2. The van der Waals surface area contributed by atoms with Gasteiger partial charge in [0.25, 0.3) is 0 Å².